The van der Waals surface area contributed by atoms with Crippen molar-refractivity contribution in [3.05, 3.63) is 71.3 Å². The van der Waals surface area contributed by atoms with Crippen LogP contribution in [-0.2, 0) is 19.1 Å². The van der Waals surface area contributed by atoms with E-state index in [2.05, 4.69) is 18.5 Å². The van der Waals surface area contributed by atoms with Crippen molar-refractivity contribution in [3.8, 4) is 0 Å². The Morgan fingerprint density at radius 3 is 2.49 bits per heavy atom. The molecule has 0 aliphatic carbocycles. The number of aliphatic hydroxyl groups excluding tert-OH is 1. The highest BCUT2D eigenvalue weighted by Gasteiger charge is 2.36. The molecule has 1 heterocycles. The molecule has 0 saturated carbocycles. The van der Waals surface area contributed by atoms with E-state index in [4.69, 9.17) is 9.47 Å². The van der Waals surface area contributed by atoms with Gasteiger partial charge in [0, 0.05) is 31.3 Å². The highest BCUT2D eigenvalue weighted by atomic mass is 16.5. The zero-order chi connectivity index (χ0) is 27.5. The lowest BCUT2D eigenvalue weighted by molar-refractivity contribution is -0.129. The summed E-state index contributed by atoms with van der Waals surface area (Å²) in [5.74, 6) is -1.00. The molecule has 1 N–H and O–H groups in total. The zero-order valence-electron chi connectivity index (χ0n) is 23.0. The highest BCUT2D eigenvalue weighted by molar-refractivity contribution is 6.18. The second-order valence-corrected chi connectivity index (χ2v) is 9.14. The van der Waals surface area contributed by atoms with Crippen LogP contribution in [0.25, 0.3) is 0 Å². The summed E-state index contributed by atoms with van der Waals surface area (Å²) in [6.45, 7) is 11.9. The van der Waals surface area contributed by atoms with Crippen LogP contribution in [0.2, 0.25) is 0 Å². The van der Waals surface area contributed by atoms with Crippen LogP contribution in [0, 0.1) is 0 Å². The van der Waals surface area contributed by atoms with Crippen LogP contribution in [0.1, 0.15) is 64.9 Å². The van der Waals surface area contributed by atoms with Gasteiger partial charge in [0.2, 0.25) is 11.8 Å². The van der Waals surface area contributed by atoms with Crippen LogP contribution >= 0.6 is 0 Å². The predicted octanol–water partition coefficient (Wildman–Crippen LogP) is 5.31. The number of Topliss-reactive ketones (excluding diaryl/α,β-unsaturated/α-hetero) is 1. The van der Waals surface area contributed by atoms with E-state index in [1.54, 1.807) is 18.0 Å². The number of carbonyl (C=O) groups is 2. The van der Waals surface area contributed by atoms with Gasteiger partial charge in [-0.3, -0.25) is 9.59 Å². The number of ketones is 1. The molecule has 0 spiro atoms. The first-order chi connectivity index (χ1) is 17.7. The lowest BCUT2D eigenvalue weighted by Gasteiger charge is -2.34. The minimum atomic E-state index is -0.529. The van der Waals surface area contributed by atoms with E-state index in [-0.39, 0.29) is 34.9 Å². The number of rotatable bonds is 13. The Balaban J connectivity index is 2.61. The monoisotopic (exact) mass is 511 g/mol. The molecule has 0 aromatic heterocycles. The summed E-state index contributed by atoms with van der Waals surface area (Å²) in [5, 5.41) is 11.6. The minimum Gasteiger partial charge on any atom is -0.495 e. The Labute approximate surface area is 221 Å². The number of nitrogens with zero attached hydrogens (tertiary/aromatic N) is 3. The van der Waals surface area contributed by atoms with Crippen LogP contribution < -0.4 is 0 Å². The van der Waals surface area contributed by atoms with Crippen molar-refractivity contribution < 1.29 is 24.2 Å². The highest BCUT2D eigenvalue weighted by Crippen LogP contribution is 2.32. The molecule has 1 amide bonds. The standard InChI is InChI=1S/C29H41N3O5/c1-8-10-14-20(3)32(26(22(5)36-6)27(37-7)30-9-2)29(35)25(21(4)33)28(34)31-18-17-24(19-31)23-15-12-11-13-16-23/h9,11-13,15-16,20,24,35H,5,8,10,14,17-19H2,1-4,6-7H3/b27-26-,29-25-,30-9-. The summed E-state index contributed by atoms with van der Waals surface area (Å²) in [4.78, 5) is 34.0. The van der Waals surface area contributed by atoms with Crippen LogP contribution in [0.5, 0.6) is 0 Å². The van der Waals surface area contributed by atoms with Crippen LogP contribution in [0.3, 0.4) is 0 Å². The van der Waals surface area contributed by atoms with Crippen LogP contribution in [-0.4, -0.2) is 66.2 Å². The molecule has 1 aliphatic rings. The molecule has 202 valence electrons. The Hall–Kier alpha value is -3.55. The Kier molecular flexibility index (Phi) is 11.4. The lowest BCUT2D eigenvalue weighted by atomic mass is 9.99. The average Bonchev–Trinajstić information content (AvgIpc) is 3.39. The number of hydrogen-bond acceptors (Lipinski definition) is 7. The van der Waals surface area contributed by atoms with Gasteiger partial charge in [0.05, 0.1) is 14.2 Å². The normalized spacial score (nSPS) is 17.7. The lowest BCUT2D eigenvalue weighted by Crippen LogP contribution is -2.39. The Morgan fingerprint density at radius 1 is 1.27 bits per heavy atom. The van der Waals surface area contributed by atoms with Crippen molar-refractivity contribution in [2.75, 3.05) is 27.3 Å². The third-order valence-corrected chi connectivity index (χ3v) is 6.57. The van der Waals surface area contributed by atoms with E-state index < -0.39 is 17.6 Å². The van der Waals surface area contributed by atoms with E-state index in [1.165, 1.54) is 26.0 Å². The summed E-state index contributed by atoms with van der Waals surface area (Å²) >= 11 is 0. The zero-order valence-corrected chi connectivity index (χ0v) is 23.0. The second kappa shape index (κ2) is 14.3. The van der Waals surface area contributed by atoms with Crippen molar-refractivity contribution in [1.29, 1.82) is 0 Å². The van der Waals surface area contributed by atoms with Gasteiger partial charge in [-0.05, 0) is 39.2 Å². The smallest absolute Gasteiger partial charge is 0.262 e. The molecule has 1 saturated heterocycles. The summed E-state index contributed by atoms with van der Waals surface area (Å²) in [5.41, 5.74) is 1.11. The largest absolute Gasteiger partial charge is 0.495 e. The summed E-state index contributed by atoms with van der Waals surface area (Å²) in [6.07, 6.45) is 4.80. The van der Waals surface area contributed by atoms with E-state index in [0.29, 0.717) is 19.5 Å². The van der Waals surface area contributed by atoms with Crippen molar-refractivity contribution in [2.45, 2.75) is 65.3 Å². The first-order valence-corrected chi connectivity index (χ1v) is 12.8. The molecule has 8 nitrogen and oxygen atoms in total. The molecule has 37 heavy (non-hydrogen) atoms. The average molecular weight is 512 g/mol. The minimum absolute atomic E-state index is 0.143. The van der Waals surface area contributed by atoms with Crippen molar-refractivity contribution >= 4 is 17.9 Å². The molecule has 1 aromatic carbocycles. The van der Waals surface area contributed by atoms with Gasteiger partial charge in [0.15, 0.2) is 5.78 Å². The first kappa shape index (κ1) is 29.7. The maximum absolute atomic E-state index is 13.7. The van der Waals surface area contributed by atoms with Gasteiger partial charge in [-0.2, -0.15) is 0 Å². The van der Waals surface area contributed by atoms with Gasteiger partial charge < -0.3 is 24.4 Å². The first-order valence-electron chi connectivity index (χ1n) is 12.8. The van der Waals surface area contributed by atoms with E-state index in [9.17, 15) is 14.7 Å². The number of likely N-dealkylation sites (tertiary alicyclic amines) is 1. The number of benzene rings is 1. The number of aliphatic hydroxyl groups is 1. The molecule has 0 radical (unpaired) electrons. The molecular weight excluding hydrogens is 470 g/mol. The second-order valence-electron chi connectivity index (χ2n) is 9.14. The fraction of sp³-hybridized carbons (Fsp3) is 0.483. The maximum atomic E-state index is 13.7. The number of amides is 1. The molecule has 2 atom stereocenters. The number of unbranched alkanes of at least 4 members (excludes halogenated alkanes) is 1. The van der Waals surface area contributed by atoms with Crippen LogP contribution in [0.4, 0.5) is 0 Å². The fourth-order valence-electron chi connectivity index (χ4n) is 4.57. The topological polar surface area (TPSA) is 91.7 Å². The van der Waals surface area contributed by atoms with Crippen molar-refractivity contribution in [1.82, 2.24) is 9.80 Å². The Bertz CT molecular complexity index is 1040. The van der Waals surface area contributed by atoms with Crippen molar-refractivity contribution in [2.24, 2.45) is 4.99 Å². The molecule has 8 heteroatoms. The molecule has 2 rings (SSSR count). The summed E-state index contributed by atoms with van der Waals surface area (Å²) < 4.78 is 10.9. The van der Waals surface area contributed by atoms with Gasteiger partial charge in [-0.1, -0.05) is 56.7 Å². The number of hydrogen-bond donors (Lipinski definition) is 1. The molecule has 1 aromatic rings. The molecule has 1 fully saturated rings. The quantitative estimate of drug-likeness (QED) is 0.0964. The van der Waals surface area contributed by atoms with E-state index >= 15 is 0 Å². The number of ether oxygens (including phenoxy) is 2. The SMILES string of the molecule is C=C(OC)/C(=C(\N=C/C)OC)N(/C(O)=C(\C(C)=O)C(=O)N1CCC(c2ccccc2)C1)C(C)CCCC. The van der Waals surface area contributed by atoms with Crippen LogP contribution in [0.15, 0.2) is 70.7 Å². The maximum Gasteiger partial charge on any atom is 0.262 e. The molecule has 2 unspecified atom stereocenters. The van der Waals surface area contributed by atoms with Gasteiger partial charge in [-0.15, -0.1) is 0 Å². The van der Waals surface area contributed by atoms with Crippen molar-refractivity contribution in [3.63, 3.8) is 0 Å². The van der Waals surface area contributed by atoms with Gasteiger partial charge in [-0.25, -0.2) is 4.99 Å². The third kappa shape index (κ3) is 7.24. The van der Waals surface area contributed by atoms with Gasteiger partial charge in [0.1, 0.15) is 17.0 Å². The van der Waals surface area contributed by atoms with Gasteiger partial charge >= 0.3 is 0 Å². The predicted molar refractivity (Wildman–Crippen MR) is 146 cm³/mol. The summed E-state index contributed by atoms with van der Waals surface area (Å²) in [7, 11) is 2.90. The number of methoxy groups -OCH3 is 2. The fourth-order valence-corrected chi connectivity index (χ4v) is 4.57. The number of aliphatic imine (C=N–C) groups is 1. The third-order valence-electron chi connectivity index (χ3n) is 6.57. The molecular formula is C29H41N3O5. The Morgan fingerprint density at radius 2 is 1.95 bits per heavy atom. The summed E-state index contributed by atoms with van der Waals surface area (Å²) in [6, 6.07) is 9.68. The van der Waals surface area contributed by atoms with E-state index in [1.807, 2.05) is 37.3 Å². The van der Waals surface area contributed by atoms with Gasteiger partial charge in [0.25, 0.3) is 5.91 Å². The van der Waals surface area contributed by atoms with E-state index in [0.717, 1.165) is 24.8 Å². The molecule has 0 bridgehead atoms. The number of carbonyl (C=O) groups excluding carboxylic acids is 2. The molecule has 1 aliphatic heterocycles.